The van der Waals surface area contributed by atoms with Gasteiger partial charge in [0.05, 0.1) is 5.01 Å². The molecule has 2 aromatic heterocycles. The number of nitrogens with one attached hydrogen (secondary N) is 3. The highest BCUT2D eigenvalue weighted by Gasteiger charge is 2.22. The predicted octanol–water partition coefficient (Wildman–Crippen LogP) is 9.04. The van der Waals surface area contributed by atoms with E-state index in [1.165, 1.54) is 22.7 Å². The zero-order valence-electron chi connectivity index (χ0n) is 38.9. The third-order valence-corrected chi connectivity index (χ3v) is 10.0. The summed E-state index contributed by atoms with van der Waals surface area (Å²) in [4.78, 5) is 70.3. The Hall–Kier alpha value is -4.27. The third kappa shape index (κ3) is 29.1. The molecule has 0 aromatic carbocycles. The van der Waals surface area contributed by atoms with Crippen LogP contribution >= 0.6 is 22.7 Å². The fourth-order valence-corrected chi connectivity index (χ4v) is 7.03. The molecule has 0 radical (unpaired) electrons. The first kappa shape index (κ1) is 55.7. The summed E-state index contributed by atoms with van der Waals surface area (Å²) in [6, 6.07) is 0. The van der Waals surface area contributed by atoms with E-state index in [1.54, 1.807) is 4.90 Å². The summed E-state index contributed by atoms with van der Waals surface area (Å²) >= 11 is 2.96. The smallest absolute Gasteiger partial charge is 0.410 e. The topological polar surface area (TPSA) is 204 Å². The molecule has 0 spiro atoms. The highest BCUT2D eigenvalue weighted by atomic mass is 32.1. The highest BCUT2D eigenvalue weighted by molar-refractivity contribution is 7.14. The molecule has 15 nitrogen and oxygen atoms in total. The summed E-state index contributed by atoms with van der Waals surface area (Å²) in [6.45, 7) is 19.9. The minimum atomic E-state index is -0.518. The van der Waals surface area contributed by atoms with Crippen molar-refractivity contribution in [3.05, 3.63) is 21.5 Å². The zero-order valence-corrected chi connectivity index (χ0v) is 40.5. The maximum absolute atomic E-state index is 12.6. The van der Waals surface area contributed by atoms with Gasteiger partial charge in [-0.15, -0.1) is 35.0 Å². The van der Waals surface area contributed by atoms with Crippen LogP contribution in [0.2, 0.25) is 0 Å². The first-order chi connectivity index (χ1) is 29.1. The fourth-order valence-electron chi connectivity index (χ4n) is 5.39. The van der Waals surface area contributed by atoms with Crippen molar-refractivity contribution < 1.29 is 38.2 Å². The summed E-state index contributed by atoms with van der Waals surface area (Å²) in [6.07, 6.45) is 15.5. The fraction of sp³-hybridized carbons (Fsp3) is 0.711. The molecule has 17 heteroatoms. The molecule has 2 heterocycles. The molecule has 350 valence electrons. The van der Waals surface area contributed by atoms with E-state index in [9.17, 15) is 24.0 Å². The molecular weight excluding hydrogens is 831 g/mol. The van der Waals surface area contributed by atoms with Crippen molar-refractivity contribution in [2.75, 3.05) is 39.3 Å². The molecule has 2 rings (SSSR count). The van der Waals surface area contributed by atoms with Crippen LogP contribution in [0, 0.1) is 12.3 Å². The molecule has 0 saturated heterocycles. The maximum atomic E-state index is 12.6. The van der Waals surface area contributed by atoms with E-state index >= 15 is 0 Å². The minimum Gasteiger partial charge on any atom is -0.444 e. The van der Waals surface area contributed by atoms with Gasteiger partial charge in [-0.3, -0.25) is 9.59 Å². The van der Waals surface area contributed by atoms with E-state index < -0.39 is 22.9 Å². The molecule has 0 saturated carbocycles. The van der Waals surface area contributed by atoms with Gasteiger partial charge in [-0.1, -0.05) is 32.1 Å². The molecule has 0 fully saturated rings. The average molecular weight is 906 g/mol. The van der Waals surface area contributed by atoms with Crippen molar-refractivity contribution in [3.63, 3.8) is 0 Å². The Kier molecular flexibility index (Phi) is 26.9. The van der Waals surface area contributed by atoms with Crippen LogP contribution in [0.1, 0.15) is 161 Å². The van der Waals surface area contributed by atoms with Crippen molar-refractivity contribution in [1.29, 1.82) is 0 Å². The number of amides is 4. The van der Waals surface area contributed by atoms with Crippen molar-refractivity contribution in [2.24, 2.45) is 5.73 Å². The summed E-state index contributed by atoms with van der Waals surface area (Å²) in [7, 11) is 0. The molecule has 0 bridgehead atoms. The number of rotatable bonds is 25. The van der Waals surface area contributed by atoms with Crippen LogP contribution in [0.3, 0.4) is 0 Å². The lowest BCUT2D eigenvalue weighted by atomic mass is 10.1. The quantitative estimate of drug-likeness (QED) is 0.0320. The monoisotopic (exact) mass is 906 g/mol. The van der Waals surface area contributed by atoms with E-state index in [-0.39, 0.29) is 23.9 Å². The van der Waals surface area contributed by atoms with Crippen LogP contribution in [0.4, 0.5) is 14.4 Å². The van der Waals surface area contributed by atoms with Crippen LogP contribution in [0.25, 0.3) is 10.7 Å². The van der Waals surface area contributed by atoms with Crippen molar-refractivity contribution >= 4 is 52.6 Å². The van der Waals surface area contributed by atoms with Gasteiger partial charge in [0.15, 0.2) is 5.78 Å². The number of aromatic nitrogens is 2. The lowest BCUT2D eigenvalue weighted by molar-refractivity contribution is -0.120. The van der Waals surface area contributed by atoms with Crippen LogP contribution in [0.5, 0.6) is 0 Å². The lowest BCUT2D eigenvalue weighted by Crippen LogP contribution is -2.39. The molecule has 5 N–H and O–H groups in total. The molecule has 0 aliphatic heterocycles. The molecule has 62 heavy (non-hydrogen) atoms. The number of Topliss-reactive ketones (excluding diaryl/α,β-unsaturated/α-hetero) is 1. The summed E-state index contributed by atoms with van der Waals surface area (Å²) in [5, 5.41) is 13.8. The lowest BCUT2D eigenvalue weighted by Gasteiger charge is -2.27. The summed E-state index contributed by atoms with van der Waals surface area (Å²) in [5.74, 6) is 2.48. The van der Waals surface area contributed by atoms with Gasteiger partial charge in [0.1, 0.15) is 33.2 Å². The van der Waals surface area contributed by atoms with Gasteiger partial charge < -0.3 is 40.8 Å². The summed E-state index contributed by atoms with van der Waals surface area (Å²) in [5.41, 5.74) is 5.32. The molecular formula is C45H75N7O8S2. The van der Waals surface area contributed by atoms with Crippen LogP contribution in [-0.4, -0.2) is 101 Å². The second kappa shape index (κ2) is 29.9. The standard InChI is InChI=1S/C28H40N4O4S2.C17H35N3O4/c1-5-6-15-24(34)29-18-16-25-31-22(20-37-25)26-32-21(19-38-26)23(33)14-12-10-8-7-9-11-13-17-30-27(35)36-28(2,3)4;1-16(2,3)23-14(21)19-11-7-8-12-20(13-9-10-18)15(22)24-17(4,5)6/h1,19-20H,6-18H2,2-4H3,(H,29,34)(H,30,35);7-13,18H2,1-6H3,(H,19,21). The van der Waals surface area contributed by atoms with Crippen LogP contribution in [-0.2, 0) is 25.4 Å². The van der Waals surface area contributed by atoms with Crippen molar-refractivity contribution in [3.8, 4) is 23.0 Å². The Bertz CT molecular complexity index is 1670. The molecule has 0 unspecified atom stereocenters. The zero-order chi connectivity index (χ0) is 46.6. The van der Waals surface area contributed by atoms with Gasteiger partial charge in [0.2, 0.25) is 5.91 Å². The average Bonchev–Trinajstić information content (AvgIpc) is 3.84. The number of hydrogen-bond donors (Lipinski definition) is 4. The summed E-state index contributed by atoms with van der Waals surface area (Å²) < 4.78 is 15.8. The van der Waals surface area contributed by atoms with E-state index in [4.69, 9.17) is 26.4 Å². The first-order valence-corrected chi connectivity index (χ1v) is 23.6. The number of ketones is 1. The maximum Gasteiger partial charge on any atom is 0.410 e. The molecule has 0 aliphatic rings. The second-order valence-corrected chi connectivity index (χ2v) is 19.6. The number of carbonyl (C=O) groups excluding carboxylic acids is 5. The Morgan fingerprint density at radius 2 is 1.23 bits per heavy atom. The van der Waals surface area contributed by atoms with E-state index in [0.717, 1.165) is 79.9 Å². The van der Waals surface area contributed by atoms with Crippen molar-refractivity contribution in [1.82, 2.24) is 30.8 Å². The number of terminal acetylenes is 1. The SMILES string of the molecule is C#CCCC(=O)NCCc1nc(-c2nc(C(=O)CCCCCCCCCNC(=O)OC(C)(C)C)cs2)cs1.CC(C)(C)OC(=O)NCCCCN(CCCN)C(=O)OC(C)(C)C. The van der Waals surface area contributed by atoms with Gasteiger partial charge in [0, 0.05) is 69.2 Å². The van der Waals surface area contributed by atoms with E-state index in [2.05, 4.69) is 31.8 Å². The minimum absolute atomic E-state index is 0.0486. The second-order valence-electron chi connectivity index (χ2n) is 17.8. The predicted molar refractivity (Wildman–Crippen MR) is 248 cm³/mol. The number of nitrogens with two attached hydrogens (primary N) is 1. The number of ether oxygens (including phenoxy) is 3. The van der Waals surface area contributed by atoms with Gasteiger partial charge >= 0.3 is 18.3 Å². The number of nitrogens with zero attached hydrogens (tertiary/aromatic N) is 3. The van der Waals surface area contributed by atoms with Gasteiger partial charge in [-0.25, -0.2) is 24.4 Å². The molecule has 0 aliphatic carbocycles. The number of carbonyl (C=O) groups is 5. The number of alkyl carbamates (subject to hydrolysis) is 2. The Labute approximate surface area is 378 Å². The largest absolute Gasteiger partial charge is 0.444 e. The number of thiazole rings is 2. The molecule has 4 amide bonds. The third-order valence-electron chi connectivity index (χ3n) is 8.27. The van der Waals surface area contributed by atoms with Gasteiger partial charge in [-0.2, -0.15) is 0 Å². The number of unbranched alkanes of at least 4 members (excludes halogenated alkanes) is 7. The Morgan fingerprint density at radius 3 is 1.79 bits per heavy atom. The Morgan fingerprint density at radius 1 is 0.677 bits per heavy atom. The van der Waals surface area contributed by atoms with Gasteiger partial charge in [-0.05, 0) is 101 Å². The molecule has 2 aromatic rings. The van der Waals surface area contributed by atoms with Crippen molar-refractivity contribution in [2.45, 2.75) is 169 Å². The van der Waals surface area contributed by atoms with E-state index in [0.29, 0.717) is 70.6 Å². The molecule has 0 atom stereocenters. The first-order valence-electron chi connectivity index (χ1n) is 21.9. The normalized spacial score (nSPS) is 11.4. The van der Waals surface area contributed by atoms with Crippen LogP contribution < -0.4 is 21.7 Å². The van der Waals surface area contributed by atoms with E-state index in [1.807, 2.05) is 73.1 Å². The van der Waals surface area contributed by atoms with Crippen LogP contribution in [0.15, 0.2) is 10.8 Å². The highest BCUT2D eigenvalue weighted by Crippen LogP contribution is 2.26. The number of hydrogen-bond acceptors (Lipinski definition) is 13. The van der Waals surface area contributed by atoms with Gasteiger partial charge in [0.25, 0.3) is 0 Å². The Balaban J connectivity index is 0.000000691.